The lowest BCUT2D eigenvalue weighted by Gasteiger charge is -2.46. The van der Waals surface area contributed by atoms with Crippen LogP contribution < -0.4 is 9.47 Å². The van der Waals surface area contributed by atoms with Gasteiger partial charge in [0.15, 0.2) is 17.3 Å². The first kappa shape index (κ1) is 17.0. The second-order valence-electron chi connectivity index (χ2n) is 7.26. The van der Waals surface area contributed by atoms with E-state index in [2.05, 4.69) is 6.07 Å². The molecule has 0 radical (unpaired) electrons. The molecule has 0 aromatic heterocycles. The van der Waals surface area contributed by atoms with Crippen molar-refractivity contribution < 1.29 is 19.0 Å². The fourth-order valence-electron chi connectivity index (χ4n) is 4.06. The number of fused-ring (bicyclic) bond motifs is 2. The van der Waals surface area contributed by atoms with Gasteiger partial charge in [-0.15, -0.1) is 0 Å². The lowest BCUT2D eigenvalue weighted by atomic mass is 9.62. The van der Waals surface area contributed by atoms with Gasteiger partial charge in [-0.2, -0.15) is 0 Å². The lowest BCUT2D eigenvalue weighted by Crippen LogP contribution is -2.50. The van der Waals surface area contributed by atoms with Crippen LogP contribution in [0.5, 0.6) is 11.5 Å². The van der Waals surface area contributed by atoms with Crippen molar-refractivity contribution in [1.29, 1.82) is 0 Å². The topological polar surface area (TPSA) is 44.8 Å². The number of ether oxygens (including phenoxy) is 3. The molecule has 0 N–H and O–H groups in total. The molecule has 1 saturated carbocycles. The van der Waals surface area contributed by atoms with E-state index >= 15 is 0 Å². The zero-order chi connectivity index (χ0) is 17.5. The van der Waals surface area contributed by atoms with E-state index in [1.807, 2.05) is 32.9 Å². The number of carbonyl (C=O) groups excluding carboxylic acids is 1. The molecule has 0 amide bonds. The summed E-state index contributed by atoms with van der Waals surface area (Å²) in [5.41, 5.74) is 2.61. The van der Waals surface area contributed by atoms with E-state index in [0.29, 0.717) is 13.0 Å². The average molecular weight is 330 g/mol. The Kier molecular flexibility index (Phi) is 4.43. The zero-order valence-corrected chi connectivity index (χ0v) is 15.1. The van der Waals surface area contributed by atoms with E-state index in [0.717, 1.165) is 34.6 Å². The molecule has 1 aliphatic carbocycles. The maximum absolute atomic E-state index is 12.8. The summed E-state index contributed by atoms with van der Waals surface area (Å²) in [6.07, 6.45) is 3.44. The van der Waals surface area contributed by atoms with Gasteiger partial charge in [0.25, 0.3) is 0 Å². The van der Waals surface area contributed by atoms with Crippen LogP contribution in [-0.4, -0.2) is 26.1 Å². The Morgan fingerprint density at radius 3 is 2.67 bits per heavy atom. The average Bonchev–Trinajstić information content (AvgIpc) is 2.57. The second kappa shape index (κ2) is 6.25. The molecule has 24 heavy (non-hydrogen) atoms. The number of hydrogen-bond donors (Lipinski definition) is 0. The molecule has 1 heterocycles. The SMILES string of the molecule is C/C=C1\CC2Oc3c(cc(COC)cc3OC)CC2C(C)(C)C1=O. The molecule has 2 aliphatic rings. The highest BCUT2D eigenvalue weighted by Gasteiger charge is 2.50. The summed E-state index contributed by atoms with van der Waals surface area (Å²) in [6.45, 7) is 6.54. The summed E-state index contributed by atoms with van der Waals surface area (Å²) in [7, 11) is 3.34. The Balaban J connectivity index is 2.04. The predicted octanol–water partition coefficient (Wildman–Crippen LogP) is 3.71. The third-order valence-corrected chi connectivity index (χ3v) is 5.45. The summed E-state index contributed by atoms with van der Waals surface area (Å²) in [6, 6.07) is 4.08. The van der Waals surface area contributed by atoms with Crippen molar-refractivity contribution in [3.8, 4) is 11.5 Å². The Bertz CT molecular complexity index is 687. The van der Waals surface area contributed by atoms with Crippen LogP contribution in [0.1, 0.15) is 38.3 Å². The van der Waals surface area contributed by atoms with Crippen molar-refractivity contribution in [3.05, 3.63) is 34.9 Å². The first-order chi connectivity index (χ1) is 11.4. The van der Waals surface area contributed by atoms with Crippen LogP contribution >= 0.6 is 0 Å². The van der Waals surface area contributed by atoms with Gasteiger partial charge in [0.1, 0.15) is 6.10 Å². The maximum Gasteiger partial charge on any atom is 0.164 e. The number of methoxy groups -OCH3 is 2. The summed E-state index contributed by atoms with van der Waals surface area (Å²) < 4.78 is 17.1. The Hall–Kier alpha value is -1.81. The lowest BCUT2D eigenvalue weighted by molar-refractivity contribution is -0.132. The Labute approximate surface area is 143 Å². The van der Waals surface area contributed by atoms with Crippen LogP contribution in [0, 0.1) is 11.3 Å². The molecule has 4 heteroatoms. The highest BCUT2D eigenvalue weighted by molar-refractivity contribution is 6.00. The van der Waals surface area contributed by atoms with E-state index in [-0.39, 0.29) is 17.8 Å². The molecule has 1 aromatic rings. The number of hydrogen-bond acceptors (Lipinski definition) is 4. The molecule has 4 nitrogen and oxygen atoms in total. The molecule has 0 saturated heterocycles. The predicted molar refractivity (Wildman–Crippen MR) is 92.5 cm³/mol. The number of ketones is 1. The molecule has 2 atom stereocenters. The molecule has 0 bridgehead atoms. The number of rotatable bonds is 3. The van der Waals surface area contributed by atoms with Gasteiger partial charge in [-0.3, -0.25) is 4.79 Å². The highest BCUT2D eigenvalue weighted by Crippen LogP contribution is 2.49. The molecule has 2 unspecified atom stereocenters. The number of Topliss-reactive ketones (excluding diaryl/α,β-unsaturated/α-hetero) is 1. The summed E-state index contributed by atoms with van der Waals surface area (Å²) in [5, 5.41) is 0. The quantitative estimate of drug-likeness (QED) is 0.793. The molecule has 1 aromatic carbocycles. The van der Waals surface area contributed by atoms with Crippen LogP contribution in [0.15, 0.2) is 23.8 Å². The molecule has 1 aliphatic heterocycles. The zero-order valence-electron chi connectivity index (χ0n) is 15.1. The van der Waals surface area contributed by atoms with Gasteiger partial charge in [-0.1, -0.05) is 19.9 Å². The van der Waals surface area contributed by atoms with Crippen molar-refractivity contribution >= 4 is 5.78 Å². The van der Waals surface area contributed by atoms with Crippen molar-refractivity contribution in [2.45, 2.75) is 46.3 Å². The smallest absolute Gasteiger partial charge is 0.164 e. The van der Waals surface area contributed by atoms with Crippen molar-refractivity contribution in [1.82, 2.24) is 0 Å². The van der Waals surface area contributed by atoms with E-state index in [4.69, 9.17) is 14.2 Å². The number of benzene rings is 1. The van der Waals surface area contributed by atoms with Crippen LogP contribution in [-0.2, 0) is 22.6 Å². The summed E-state index contributed by atoms with van der Waals surface area (Å²) >= 11 is 0. The van der Waals surface area contributed by atoms with Gasteiger partial charge in [-0.05, 0) is 42.2 Å². The molecular weight excluding hydrogens is 304 g/mol. The van der Waals surface area contributed by atoms with Gasteiger partial charge >= 0.3 is 0 Å². The van der Waals surface area contributed by atoms with Crippen LogP contribution in [0.3, 0.4) is 0 Å². The first-order valence-corrected chi connectivity index (χ1v) is 8.47. The van der Waals surface area contributed by atoms with E-state index < -0.39 is 5.41 Å². The van der Waals surface area contributed by atoms with Crippen LogP contribution in [0.4, 0.5) is 0 Å². The van der Waals surface area contributed by atoms with E-state index in [1.54, 1.807) is 14.2 Å². The fraction of sp³-hybridized carbons (Fsp3) is 0.550. The van der Waals surface area contributed by atoms with Crippen molar-refractivity contribution in [3.63, 3.8) is 0 Å². The molecule has 1 fully saturated rings. The van der Waals surface area contributed by atoms with Gasteiger partial charge in [0.05, 0.1) is 13.7 Å². The standard InChI is InChI=1S/C20H26O4/c1-6-13-10-16-15(20(2,3)19(13)21)9-14-7-12(11-22-4)8-17(23-5)18(14)24-16/h6-8,15-16H,9-11H2,1-5H3/b13-6+. The fourth-order valence-corrected chi connectivity index (χ4v) is 4.06. The highest BCUT2D eigenvalue weighted by atomic mass is 16.5. The maximum atomic E-state index is 12.8. The molecular formula is C20H26O4. The minimum absolute atomic E-state index is 0.0126. The van der Waals surface area contributed by atoms with Crippen molar-refractivity contribution in [2.24, 2.45) is 11.3 Å². The Morgan fingerprint density at radius 1 is 1.29 bits per heavy atom. The normalized spacial score (nSPS) is 26.5. The van der Waals surface area contributed by atoms with Gasteiger partial charge < -0.3 is 14.2 Å². The van der Waals surface area contributed by atoms with Crippen LogP contribution in [0.2, 0.25) is 0 Å². The van der Waals surface area contributed by atoms with Crippen LogP contribution in [0.25, 0.3) is 0 Å². The summed E-state index contributed by atoms with van der Waals surface area (Å²) in [4.78, 5) is 12.8. The van der Waals surface area contributed by atoms with E-state index in [9.17, 15) is 4.79 Å². The largest absolute Gasteiger partial charge is 0.493 e. The van der Waals surface area contributed by atoms with E-state index in [1.165, 1.54) is 0 Å². The minimum atomic E-state index is -0.424. The Morgan fingerprint density at radius 2 is 2.04 bits per heavy atom. The molecule has 0 spiro atoms. The molecule has 130 valence electrons. The second-order valence-corrected chi connectivity index (χ2v) is 7.26. The first-order valence-electron chi connectivity index (χ1n) is 8.47. The van der Waals surface area contributed by atoms with Gasteiger partial charge in [0.2, 0.25) is 0 Å². The molecule has 3 rings (SSSR count). The van der Waals surface area contributed by atoms with Crippen molar-refractivity contribution in [2.75, 3.05) is 14.2 Å². The van der Waals surface area contributed by atoms with Gasteiger partial charge in [0, 0.05) is 24.9 Å². The summed E-state index contributed by atoms with van der Waals surface area (Å²) in [5.74, 6) is 1.98. The third kappa shape index (κ3) is 2.63. The monoisotopic (exact) mass is 330 g/mol. The van der Waals surface area contributed by atoms with Gasteiger partial charge in [-0.25, -0.2) is 0 Å². The number of allylic oxidation sites excluding steroid dienone is 1. The third-order valence-electron chi connectivity index (χ3n) is 5.45. The number of carbonyl (C=O) groups is 1. The minimum Gasteiger partial charge on any atom is -0.493 e.